The number of carboxylic acid groups (broad SMARTS) is 2. The molecular formula is C21H28N2O5. The fourth-order valence-electron chi connectivity index (χ4n) is 4.66. The van der Waals surface area contributed by atoms with Gasteiger partial charge in [0.1, 0.15) is 12.1 Å². The molecule has 7 heteroatoms. The van der Waals surface area contributed by atoms with E-state index < -0.39 is 30.1 Å². The molecule has 1 aliphatic carbocycles. The first-order valence-electron chi connectivity index (χ1n) is 9.96. The molecule has 7 nitrogen and oxygen atoms in total. The maximum atomic E-state index is 13.1. The molecule has 1 amide bonds. The molecule has 0 aromatic heterocycles. The maximum absolute atomic E-state index is 13.1. The third kappa shape index (κ3) is 4.35. The lowest BCUT2D eigenvalue weighted by Gasteiger charge is -2.35. The van der Waals surface area contributed by atoms with Crippen molar-refractivity contribution in [2.45, 2.75) is 69.6 Å². The van der Waals surface area contributed by atoms with E-state index in [-0.39, 0.29) is 24.3 Å². The molecule has 2 aliphatic rings. The molecule has 1 heterocycles. The fraction of sp³-hybridized carbons (Fsp3) is 0.571. The molecule has 3 N–H and O–H groups in total. The lowest BCUT2D eigenvalue weighted by Crippen LogP contribution is -2.55. The van der Waals surface area contributed by atoms with E-state index >= 15 is 0 Å². The number of carbonyl (C=O) groups is 3. The number of hydrogen-bond donors (Lipinski definition) is 3. The highest BCUT2D eigenvalue weighted by molar-refractivity contribution is 5.88. The summed E-state index contributed by atoms with van der Waals surface area (Å²) >= 11 is 0. The summed E-state index contributed by atoms with van der Waals surface area (Å²) in [6, 6.07) is 6.67. The van der Waals surface area contributed by atoms with Crippen LogP contribution in [-0.4, -0.2) is 57.1 Å². The van der Waals surface area contributed by atoms with Gasteiger partial charge >= 0.3 is 11.9 Å². The van der Waals surface area contributed by atoms with Gasteiger partial charge in [0.25, 0.3) is 0 Å². The molecule has 2 fully saturated rings. The highest BCUT2D eigenvalue weighted by Gasteiger charge is 2.48. The summed E-state index contributed by atoms with van der Waals surface area (Å²) in [7, 11) is 0. The van der Waals surface area contributed by atoms with Crippen molar-refractivity contribution in [1.29, 1.82) is 0 Å². The van der Waals surface area contributed by atoms with Crippen molar-refractivity contribution < 1.29 is 24.6 Å². The number of carboxylic acids is 2. The summed E-state index contributed by atoms with van der Waals surface area (Å²) in [6.45, 7) is 1.62. The predicted octanol–water partition coefficient (Wildman–Crippen LogP) is 1.90. The average molecular weight is 388 g/mol. The lowest BCUT2D eigenvalue weighted by molar-refractivity contribution is -0.151. The lowest BCUT2D eigenvalue weighted by atomic mass is 9.84. The smallest absolute Gasteiger partial charge is 0.326 e. The monoisotopic (exact) mass is 388 g/mol. The van der Waals surface area contributed by atoms with Gasteiger partial charge in [-0.15, -0.1) is 0 Å². The Morgan fingerprint density at radius 1 is 1.14 bits per heavy atom. The predicted molar refractivity (Wildman–Crippen MR) is 103 cm³/mol. The number of likely N-dealkylation sites (tertiary alicyclic amines) is 1. The minimum absolute atomic E-state index is 0.0519. The first kappa shape index (κ1) is 20.3. The topological polar surface area (TPSA) is 107 Å². The normalized spacial score (nSPS) is 26.3. The molecule has 3 rings (SSSR count). The van der Waals surface area contributed by atoms with Gasteiger partial charge in [0.15, 0.2) is 0 Å². The number of rotatable bonds is 7. The van der Waals surface area contributed by atoms with Crippen LogP contribution >= 0.6 is 0 Å². The summed E-state index contributed by atoms with van der Waals surface area (Å²) < 4.78 is 0. The van der Waals surface area contributed by atoms with Crippen molar-refractivity contribution in [2.24, 2.45) is 5.92 Å². The number of nitrogens with one attached hydrogen (secondary N) is 1. The van der Waals surface area contributed by atoms with E-state index in [0.29, 0.717) is 6.42 Å². The van der Waals surface area contributed by atoms with Crippen LogP contribution in [0.2, 0.25) is 0 Å². The minimum Gasteiger partial charge on any atom is -0.480 e. The Kier molecular flexibility index (Phi) is 6.34. The molecule has 1 aliphatic heterocycles. The quantitative estimate of drug-likeness (QED) is 0.659. The highest BCUT2D eigenvalue weighted by atomic mass is 16.4. The Hall–Kier alpha value is -2.41. The largest absolute Gasteiger partial charge is 0.480 e. The number of carbonyl (C=O) groups excluding carboxylic acids is 1. The zero-order chi connectivity index (χ0) is 20.3. The molecule has 1 saturated carbocycles. The summed E-state index contributed by atoms with van der Waals surface area (Å²) in [6.07, 6.45) is 4.57. The van der Waals surface area contributed by atoms with E-state index in [9.17, 15) is 24.6 Å². The molecule has 1 aromatic carbocycles. The van der Waals surface area contributed by atoms with Crippen LogP contribution in [0, 0.1) is 5.92 Å². The van der Waals surface area contributed by atoms with Crippen molar-refractivity contribution >= 4 is 17.8 Å². The van der Waals surface area contributed by atoms with E-state index in [2.05, 4.69) is 5.32 Å². The van der Waals surface area contributed by atoms with Crippen LogP contribution in [-0.2, 0) is 20.8 Å². The Labute approximate surface area is 164 Å². The maximum Gasteiger partial charge on any atom is 0.326 e. The second-order valence-electron chi connectivity index (χ2n) is 7.92. The third-order valence-corrected chi connectivity index (χ3v) is 6.03. The molecule has 152 valence electrons. The van der Waals surface area contributed by atoms with Gasteiger partial charge in [-0.05, 0) is 44.1 Å². The number of fused-ring (bicyclic) bond motifs is 1. The zero-order valence-electron chi connectivity index (χ0n) is 16.1. The molecule has 4 unspecified atom stereocenters. The van der Waals surface area contributed by atoms with Gasteiger partial charge in [0, 0.05) is 6.04 Å². The Morgan fingerprint density at radius 3 is 2.46 bits per heavy atom. The standard InChI is InChI=1S/C21H28N2O5/c1-13(22-16(20(25)26)11-14-7-3-2-4-8-14)19(24)23-17-10-6-5-9-15(17)12-18(23)21(27)28/h2-4,7-8,13,15-18,22H,5-6,9-12H2,1H3,(H,25,26)(H,27,28)/t13-,15?,16?,17?,18?/m0/s1. The summed E-state index contributed by atoms with van der Waals surface area (Å²) in [5, 5.41) is 22.1. The van der Waals surface area contributed by atoms with Crippen LogP contribution in [0.3, 0.4) is 0 Å². The fourth-order valence-corrected chi connectivity index (χ4v) is 4.66. The van der Waals surface area contributed by atoms with Gasteiger partial charge in [0.05, 0.1) is 6.04 Å². The molecule has 28 heavy (non-hydrogen) atoms. The molecule has 5 atom stereocenters. The van der Waals surface area contributed by atoms with Crippen LogP contribution in [0.4, 0.5) is 0 Å². The Bertz CT molecular complexity index is 723. The average Bonchev–Trinajstić information content (AvgIpc) is 3.07. The Morgan fingerprint density at radius 2 is 1.82 bits per heavy atom. The molecule has 0 bridgehead atoms. The van der Waals surface area contributed by atoms with Gasteiger partial charge < -0.3 is 15.1 Å². The molecule has 0 radical (unpaired) electrons. The molecular weight excluding hydrogens is 360 g/mol. The van der Waals surface area contributed by atoms with Gasteiger partial charge in [-0.25, -0.2) is 4.79 Å². The van der Waals surface area contributed by atoms with E-state index in [0.717, 1.165) is 31.2 Å². The SMILES string of the molecule is C[C@H](NC(Cc1ccccc1)C(=O)O)C(=O)N1C(C(=O)O)CC2CCCCC21. The van der Waals surface area contributed by atoms with Crippen molar-refractivity contribution in [2.75, 3.05) is 0 Å². The highest BCUT2D eigenvalue weighted by Crippen LogP contribution is 2.40. The number of aliphatic carboxylic acids is 2. The van der Waals surface area contributed by atoms with Crippen LogP contribution in [0.15, 0.2) is 30.3 Å². The van der Waals surface area contributed by atoms with Crippen LogP contribution in [0.5, 0.6) is 0 Å². The van der Waals surface area contributed by atoms with Crippen molar-refractivity contribution in [3.05, 3.63) is 35.9 Å². The van der Waals surface area contributed by atoms with Gasteiger partial charge in [-0.2, -0.15) is 0 Å². The minimum atomic E-state index is -1.03. The zero-order valence-corrected chi connectivity index (χ0v) is 16.1. The van der Waals surface area contributed by atoms with Gasteiger partial charge in [-0.1, -0.05) is 43.2 Å². The van der Waals surface area contributed by atoms with Crippen LogP contribution < -0.4 is 5.32 Å². The Balaban J connectivity index is 1.72. The molecule has 0 spiro atoms. The molecule has 1 aromatic rings. The second-order valence-corrected chi connectivity index (χ2v) is 7.92. The number of benzene rings is 1. The number of amides is 1. The van der Waals surface area contributed by atoms with Gasteiger partial charge in [0.2, 0.25) is 5.91 Å². The van der Waals surface area contributed by atoms with Crippen LogP contribution in [0.25, 0.3) is 0 Å². The van der Waals surface area contributed by atoms with Crippen molar-refractivity contribution in [3.8, 4) is 0 Å². The first-order valence-corrected chi connectivity index (χ1v) is 9.96. The summed E-state index contributed by atoms with van der Waals surface area (Å²) in [5.41, 5.74) is 0.860. The summed E-state index contributed by atoms with van der Waals surface area (Å²) in [4.78, 5) is 38.1. The van der Waals surface area contributed by atoms with Crippen molar-refractivity contribution in [3.63, 3.8) is 0 Å². The van der Waals surface area contributed by atoms with E-state index in [1.807, 2.05) is 30.3 Å². The van der Waals surface area contributed by atoms with E-state index in [1.165, 1.54) is 4.90 Å². The molecule has 1 saturated heterocycles. The van der Waals surface area contributed by atoms with Crippen LogP contribution in [0.1, 0.15) is 44.6 Å². The number of hydrogen-bond acceptors (Lipinski definition) is 4. The third-order valence-electron chi connectivity index (χ3n) is 6.03. The first-order chi connectivity index (χ1) is 13.4. The second kappa shape index (κ2) is 8.73. The summed E-state index contributed by atoms with van der Waals surface area (Å²) in [5.74, 6) is -2.10. The number of nitrogens with zero attached hydrogens (tertiary/aromatic N) is 1. The van der Waals surface area contributed by atoms with Crippen molar-refractivity contribution in [1.82, 2.24) is 10.2 Å². The van der Waals surface area contributed by atoms with E-state index in [1.54, 1.807) is 6.92 Å². The van der Waals surface area contributed by atoms with Gasteiger partial charge in [-0.3, -0.25) is 14.9 Å². The van der Waals surface area contributed by atoms with E-state index in [4.69, 9.17) is 0 Å².